The Morgan fingerprint density at radius 3 is 2.33 bits per heavy atom. The van der Waals surface area contributed by atoms with E-state index < -0.39 is 14.9 Å². The summed E-state index contributed by atoms with van der Waals surface area (Å²) in [6.07, 6.45) is 2.79. The molecule has 1 saturated heterocycles. The van der Waals surface area contributed by atoms with Crippen LogP contribution in [0.2, 0.25) is 0 Å². The van der Waals surface area contributed by atoms with Gasteiger partial charge in [-0.2, -0.15) is 0 Å². The third-order valence-electron chi connectivity index (χ3n) is 3.66. The summed E-state index contributed by atoms with van der Waals surface area (Å²) in [4.78, 5) is 10.1. The summed E-state index contributed by atoms with van der Waals surface area (Å²) in [5, 5.41) is 13.9. The minimum absolute atomic E-state index is 0.0835. The van der Waals surface area contributed by atoms with Crippen LogP contribution in [-0.2, 0) is 16.6 Å². The maximum Gasteiger partial charge on any atom is 0.269 e. The van der Waals surface area contributed by atoms with Crippen LogP contribution in [0.3, 0.4) is 0 Å². The van der Waals surface area contributed by atoms with Gasteiger partial charge in [0.2, 0.25) is 10.0 Å². The number of hydrogen-bond donors (Lipinski definition) is 1. The molecule has 21 heavy (non-hydrogen) atoms. The fraction of sp³-hybridized carbons (Fsp3) is 0.538. The molecule has 0 bridgehead atoms. The molecular formula is C13H19N3O4S. The van der Waals surface area contributed by atoms with Gasteiger partial charge in [0.25, 0.3) is 5.69 Å². The predicted octanol–water partition coefficient (Wildman–Crippen LogP) is 1.11. The van der Waals surface area contributed by atoms with E-state index in [0.717, 1.165) is 18.4 Å². The van der Waals surface area contributed by atoms with Crippen molar-refractivity contribution in [1.82, 2.24) is 9.62 Å². The Bertz CT molecular complexity index is 592. The van der Waals surface area contributed by atoms with E-state index in [9.17, 15) is 18.5 Å². The molecule has 0 spiro atoms. The molecule has 1 heterocycles. The second-order valence-corrected chi connectivity index (χ2v) is 7.22. The lowest BCUT2D eigenvalue weighted by atomic mass is 10.1. The predicted molar refractivity (Wildman–Crippen MR) is 79.4 cm³/mol. The topological polar surface area (TPSA) is 92.6 Å². The van der Waals surface area contributed by atoms with E-state index in [0.29, 0.717) is 19.6 Å². The van der Waals surface area contributed by atoms with Crippen molar-refractivity contribution >= 4 is 15.7 Å². The second kappa shape index (κ2) is 6.50. The lowest BCUT2D eigenvalue weighted by Crippen LogP contribution is -2.44. The number of sulfonamides is 1. The fourth-order valence-corrected chi connectivity index (χ4v) is 3.26. The Balaban J connectivity index is 1.81. The van der Waals surface area contributed by atoms with Gasteiger partial charge in [0.15, 0.2) is 0 Å². The number of nitrogens with zero attached hydrogens (tertiary/aromatic N) is 2. The van der Waals surface area contributed by atoms with Crippen LogP contribution in [0.1, 0.15) is 18.4 Å². The summed E-state index contributed by atoms with van der Waals surface area (Å²) < 4.78 is 24.3. The number of rotatable bonds is 5. The van der Waals surface area contributed by atoms with E-state index in [4.69, 9.17) is 0 Å². The Kier molecular flexibility index (Phi) is 4.92. The van der Waals surface area contributed by atoms with Gasteiger partial charge in [0, 0.05) is 37.8 Å². The first-order valence-electron chi connectivity index (χ1n) is 6.78. The molecule has 0 saturated carbocycles. The monoisotopic (exact) mass is 313 g/mol. The maximum absolute atomic E-state index is 11.4. The third-order valence-corrected chi connectivity index (χ3v) is 4.97. The summed E-state index contributed by atoms with van der Waals surface area (Å²) in [5.74, 6) is 0. The standard InChI is InChI=1S/C13H19N3O4S/c1-21(19,20)15-8-6-12(7-9-15)14-10-11-2-4-13(5-3-11)16(17)18/h2-5,12,14H,6-10H2,1H3. The molecule has 7 nitrogen and oxygen atoms in total. The zero-order chi connectivity index (χ0) is 15.5. The fourth-order valence-electron chi connectivity index (χ4n) is 2.39. The minimum atomic E-state index is -3.09. The maximum atomic E-state index is 11.4. The average molecular weight is 313 g/mol. The molecule has 116 valence electrons. The molecule has 0 amide bonds. The Morgan fingerprint density at radius 2 is 1.86 bits per heavy atom. The SMILES string of the molecule is CS(=O)(=O)N1CCC(NCc2ccc([N+](=O)[O-])cc2)CC1. The Morgan fingerprint density at radius 1 is 1.29 bits per heavy atom. The first kappa shape index (κ1) is 15.9. The van der Waals surface area contributed by atoms with Gasteiger partial charge in [-0.1, -0.05) is 12.1 Å². The molecule has 1 aromatic carbocycles. The highest BCUT2D eigenvalue weighted by atomic mass is 32.2. The van der Waals surface area contributed by atoms with Crippen molar-refractivity contribution in [2.75, 3.05) is 19.3 Å². The summed E-state index contributed by atoms with van der Waals surface area (Å²) in [6, 6.07) is 6.72. The summed E-state index contributed by atoms with van der Waals surface area (Å²) >= 11 is 0. The quantitative estimate of drug-likeness (QED) is 0.649. The van der Waals surface area contributed by atoms with Crippen LogP contribution in [0.25, 0.3) is 0 Å². The van der Waals surface area contributed by atoms with E-state index in [-0.39, 0.29) is 11.7 Å². The van der Waals surface area contributed by atoms with Crippen molar-refractivity contribution < 1.29 is 13.3 Å². The van der Waals surface area contributed by atoms with Gasteiger partial charge in [-0.25, -0.2) is 12.7 Å². The molecule has 1 aliphatic rings. The molecule has 0 radical (unpaired) electrons. The highest BCUT2D eigenvalue weighted by Gasteiger charge is 2.24. The number of nitrogens with one attached hydrogen (secondary N) is 1. The number of benzene rings is 1. The van der Waals surface area contributed by atoms with Gasteiger partial charge in [0.1, 0.15) is 0 Å². The summed E-state index contributed by atoms with van der Waals surface area (Å²) in [6.45, 7) is 1.70. The van der Waals surface area contributed by atoms with Crippen molar-refractivity contribution in [2.24, 2.45) is 0 Å². The number of piperidine rings is 1. The van der Waals surface area contributed by atoms with Crippen molar-refractivity contribution in [3.05, 3.63) is 39.9 Å². The number of hydrogen-bond acceptors (Lipinski definition) is 5. The van der Waals surface area contributed by atoms with Crippen LogP contribution >= 0.6 is 0 Å². The van der Waals surface area contributed by atoms with Gasteiger partial charge in [-0.15, -0.1) is 0 Å². The van der Waals surface area contributed by atoms with Crippen LogP contribution in [0.15, 0.2) is 24.3 Å². The van der Waals surface area contributed by atoms with E-state index >= 15 is 0 Å². The molecular weight excluding hydrogens is 294 g/mol. The molecule has 2 rings (SSSR count). The molecule has 0 atom stereocenters. The summed E-state index contributed by atoms with van der Waals surface area (Å²) in [7, 11) is -3.09. The molecule has 1 aromatic rings. The van der Waals surface area contributed by atoms with Gasteiger partial charge in [0.05, 0.1) is 11.2 Å². The molecule has 1 N–H and O–H groups in total. The van der Waals surface area contributed by atoms with Gasteiger partial charge >= 0.3 is 0 Å². The van der Waals surface area contributed by atoms with E-state index in [1.165, 1.54) is 22.7 Å². The van der Waals surface area contributed by atoms with Crippen LogP contribution in [0, 0.1) is 10.1 Å². The number of nitro groups is 1. The van der Waals surface area contributed by atoms with E-state index in [1.54, 1.807) is 12.1 Å². The lowest BCUT2D eigenvalue weighted by molar-refractivity contribution is -0.384. The van der Waals surface area contributed by atoms with Crippen LogP contribution < -0.4 is 5.32 Å². The zero-order valence-electron chi connectivity index (χ0n) is 11.9. The highest BCUT2D eigenvalue weighted by Crippen LogP contribution is 2.15. The molecule has 0 aliphatic carbocycles. The molecule has 0 unspecified atom stereocenters. The van der Waals surface area contributed by atoms with Crippen molar-refractivity contribution in [3.63, 3.8) is 0 Å². The van der Waals surface area contributed by atoms with E-state index in [1.807, 2.05) is 0 Å². The zero-order valence-corrected chi connectivity index (χ0v) is 12.7. The van der Waals surface area contributed by atoms with Crippen LogP contribution in [-0.4, -0.2) is 43.0 Å². The number of nitro benzene ring substituents is 1. The smallest absolute Gasteiger partial charge is 0.269 e. The molecule has 1 fully saturated rings. The van der Waals surface area contributed by atoms with Crippen molar-refractivity contribution in [1.29, 1.82) is 0 Å². The van der Waals surface area contributed by atoms with Crippen molar-refractivity contribution in [3.8, 4) is 0 Å². The van der Waals surface area contributed by atoms with Crippen LogP contribution in [0.4, 0.5) is 5.69 Å². The van der Waals surface area contributed by atoms with Gasteiger partial charge < -0.3 is 5.32 Å². The lowest BCUT2D eigenvalue weighted by Gasteiger charge is -2.30. The first-order valence-corrected chi connectivity index (χ1v) is 8.63. The molecule has 8 heteroatoms. The van der Waals surface area contributed by atoms with Crippen LogP contribution in [0.5, 0.6) is 0 Å². The third kappa shape index (κ3) is 4.48. The Hall–Kier alpha value is -1.51. The van der Waals surface area contributed by atoms with E-state index in [2.05, 4.69) is 5.32 Å². The molecule has 1 aliphatic heterocycles. The van der Waals surface area contributed by atoms with Gasteiger partial charge in [-0.05, 0) is 18.4 Å². The van der Waals surface area contributed by atoms with Crippen molar-refractivity contribution in [2.45, 2.75) is 25.4 Å². The number of non-ortho nitro benzene ring substituents is 1. The largest absolute Gasteiger partial charge is 0.310 e. The molecule has 0 aromatic heterocycles. The Labute approximate surface area is 124 Å². The normalized spacial score (nSPS) is 17.8. The average Bonchev–Trinajstić information content (AvgIpc) is 2.45. The first-order chi connectivity index (χ1) is 9.86. The second-order valence-electron chi connectivity index (χ2n) is 5.24. The summed E-state index contributed by atoms with van der Waals surface area (Å²) in [5.41, 5.74) is 1.06. The highest BCUT2D eigenvalue weighted by molar-refractivity contribution is 7.88. The van der Waals surface area contributed by atoms with Gasteiger partial charge in [-0.3, -0.25) is 10.1 Å². The minimum Gasteiger partial charge on any atom is -0.310 e.